The summed E-state index contributed by atoms with van der Waals surface area (Å²) in [5.41, 5.74) is 0.312. The molecule has 29 heavy (non-hydrogen) atoms. The van der Waals surface area contributed by atoms with Crippen LogP contribution in [0.2, 0.25) is 0 Å². The van der Waals surface area contributed by atoms with Gasteiger partial charge in [-0.15, -0.1) is 0 Å². The lowest BCUT2D eigenvalue weighted by Crippen LogP contribution is -2.42. The molecule has 156 valence electrons. The number of nitrogens with zero attached hydrogens (tertiary/aromatic N) is 1. The number of hydrogen-bond donors (Lipinski definition) is 1. The van der Waals surface area contributed by atoms with E-state index in [4.69, 9.17) is 4.74 Å². The molecule has 7 heteroatoms. The number of nitrogens with one attached hydrogen (secondary N) is 1. The quantitative estimate of drug-likeness (QED) is 0.762. The summed E-state index contributed by atoms with van der Waals surface area (Å²) in [6.07, 6.45) is 0.835. The van der Waals surface area contributed by atoms with Gasteiger partial charge in [0.15, 0.2) is 0 Å². The number of hydrogen-bond acceptors (Lipinski definition) is 4. The molecule has 1 aliphatic heterocycles. The maximum absolute atomic E-state index is 13.2. The van der Waals surface area contributed by atoms with Gasteiger partial charge in [-0.25, -0.2) is 8.42 Å². The molecule has 1 N–H and O–H groups in total. The second kappa shape index (κ2) is 8.06. The third-order valence-electron chi connectivity index (χ3n) is 4.90. The lowest BCUT2D eigenvalue weighted by atomic mass is 9.92. The molecule has 1 amide bonds. The molecule has 0 atom stereocenters. The average molecular weight is 417 g/mol. The minimum atomic E-state index is -3.72. The summed E-state index contributed by atoms with van der Waals surface area (Å²) in [5, 5.41) is 0. The summed E-state index contributed by atoms with van der Waals surface area (Å²) in [6.45, 7) is 8.76. The first-order valence-corrected chi connectivity index (χ1v) is 11.3. The van der Waals surface area contributed by atoms with E-state index in [9.17, 15) is 13.2 Å². The lowest BCUT2D eigenvalue weighted by Gasteiger charge is -2.28. The predicted octanol–water partition coefficient (Wildman–Crippen LogP) is 4.29. The molecule has 0 fully saturated rings. The van der Waals surface area contributed by atoms with Crippen LogP contribution in [0.4, 0.5) is 11.4 Å². The van der Waals surface area contributed by atoms with Crippen LogP contribution in [0.1, 0.15) is 34.1 Å². The molecule has 0 bridgehead atoms. The predicted molar refractivity (Wildman–Crippen MR) is 115 cm³/mol. The van der Waals surface area contributed by atoms with Crippen molar-refractivity contribution in [2.75, 3.05) is 22.8 Å². The second-order valence-electron chi connectivity index (χ2n) is 8.41. The Morgan fingerprint density at radius 3 is 2.48 bits per heavy atom. The van der Waals surface area contributed by atoms with Crippen LogP contribution in [0.25, 0.3) is 0 Å². The number of amides is 1. The number of anilines is 2. The van der Waals surface area contributed by atoms with Crippen LogP contribution in [0, 0.1) is 11.3 Å². The summed E-state index contributed by atoms with van der Waals surface area (Å²) in [4.78, 5) is 15.1. The Hall–Kier alpha value is -2.54. The largest absolute Gasteiger partial charge is 0.490 e. The molecule has 3 rings (SSSR count). The molecule has 0 aromatic heterocycles. The van der Waals surface area contributed by atoms with Gasteiger partial charge < -0.3 is 9.64 Å². The zero-order valence-corrected chi connectivity index (χ0v) is 18.1. The first-order valence-electron chi connectivity index (χ1n) is 9.77. The van der Waals surface area contributed by atoms with Gasteiger partial charge in [-0.05, 0) is 56.5 Å². The second-order valence-corrected chi connectivity index (χ2v) is 10.1. The number of benzene rings is 2. The minimum Gasteiger partial charge on any atom is -0.490 e. The first kappa shape index (κ1) is 21.2. The van der Waals surface area contributed by atoms with E-state index in [1.165, 1.54) is 12.1 Å². The van der Waals surface area contributed by atoms with Crippen molar-refractivity contribution >= 4 is 27.3 Å². The molecule has 6 nitrogen and oxygen atoms in total. The molecule has 1 aliphatic rings. The fourth-order valence-corrected chi connectivity index (χ4v) is 4.20. The van der Waals surface area contributed by atoms with Gasteiger partial charge in [0.2, 0.25) is 5.91 Å². The molecule has 2 aromatic rings. The van der Waals surface area contributed by atoms with E-state index in [1.807, 2.05) is 13.8 Å². The van der Waals surface area contributed by atoms with Crippen molar-refractivity contribution in [1.29, 1.82) is 0 Å². The molecular formula is C22H28N2O4S. The van der Waals surface area contributed by atoms with Crippen molar-refractivity contribution in [3.63, 3.8) is 0 Å². The number of sulfonamides is 1. The third-order valence-corrected chi connectivity index (χ3v) is 6.30. The Balaban J connectivity index is 1.97. The maximum atomic E-state index is 13.2. The highest BCUT2D eigenvalue weighted by Crippen LogP contribution is 2.39. The van der Waals surface area contributed by atoms with Crippen molar-refractivity contribution in [2.24, 2.45) is 11.3 Å². The molecule has 0 aliphatic carbocycles. The Morgan fingerprint density at radius 1 is 1.14 bits per heavy atom. The molecular weight excluding hydrogens is 388 g/mol. The van der Waals surface area contributed by atoms with E-state index in [-0.39, 0.29) is 17.4 Å². The molecule has 1 heterocycles. The Labute approximate surface area is 172 Å². The van der Waals surface area contributed by atoms with Gasteiger partial charge in [-0.3, -0.25) is 9.52 Å². The van der Waals surface area contributed by atoms with Crippen LogP contribution >= 0.6 is 0 Å². The van der Waals surface area contributed by atoms with Gasteiger partial charge in [0.05, 0.1) is 21.7 Å². The fraction of sp³-hybridized carbons (Fsp3) is 0.409. The zero-order chi connectivity index (χ0) is 21.2. The van der Waals surface area contributed by atoms with Gasteiger partial charge in [0.1, 0.15) is 12.4 Å². The molecule has 0 radical (unpaired) electrons. The van der Waals surface area contributed by atoms with Crippen LogP contribution < -0.4 is 14.4 Å². The van der Waals surface area contributed by atoms with E-state index in [2.05, 4.69) is 18.6 Å². The van der Waals surface area contributed by atoms with Crippen LogP contribution in [0.15, 0.2) is 53.4 Å². The third kappa shape index (κ3) is 4.72. The highest BCUT2D eigenvalue weighted by Gasteiger charge is 2.37. The Morgan fingerprint density at radius 2 is 1.83 bits per heavy atom. The maximum Gasteiger partial charge on any atom is 0.261 e. The summed E-state index contributed by atoms with van der Waals surface area (Å²) in [6, 6.07) is 13.2. The number of fused-ring (bicyclic) bond motifs is 1. The highest BCUT2D eigenvalue weighted by atomic mass is 32.2. The van der Waals surface area contributed by atoms with Crippen molar-refractivity contribution in [2.45, 2.75) is 39.0 Å². The van der Waals surface area contributed by atoms with E-state index < -0.39 is 15.4 Å². The van der Waals surface area contributed by atoms with Gasteiger partial charge in [0, 0.05) is 6.54 Å². The Kier molecular flexibility index (Phi) is 5.89. The standard InChI is InChI=1S/C22H28N2O4S/c1-16(2)12-13-24-19-14-17(23-29(26,27)18-8-6-5-7-9-18)10-11-20(19)28-15-22(3,4)21(24)25/h5-11,14,16,23H,12-13,15H2,1-4H3. The average Bonchev–Trinajstić information content (AvgIpc) is 2.76. The molecule has 0 saturated heterocycles. The minimum absolute atomic E-state index is 0.0278. The lowest BCUT2D eigenvalue weighted by molar-refractivity contribution is -0.127. The molecule has 0 saturated carbocycles. The van der Waals surface area contributed by atoms with Gasteiger partial charge in [-0.1, -0.05) is 32.0 Å². The van der Waals surface area contributed by atoms with Crippen molar-refractivity contribution < 1.29 is 17.9 Å². The summed E-state index contributed by atoms with van der Waals surface area (Å²) in [5.74, 6) is 0.980. The topological polar surface area (TPSA) is 75.7 Å². The molecule has 2 aromatic carbocycles. The van der Waals surface area contributed by atoms with Crippen LogP contribution in [-0.4, -0.2) is 27.5 Å². The van der Waals surface area contributed by atoms with Gasteiger partial charge >= 0.3 is 0 Å². The van der Waals surface area contributed by atoms with Crippen LogP contribution in [0.5, 0.6) is 5.75 Å². The number of rotatable bonds is 6. The smallest absolute Gasteiger partial charge is 0.261 e. The van der Waals surface area contributed by atoms with Gasteiger partial charge in [-0.2, -0.15) is 0 Å². The van der Waals surface area contributed by atoms with Crippen molar-refractivity contribution in [3.05, 3.63) is 48.5 Å². The Bertz CT molecular complexity index is 985. The zero-order valence-electron chi connectivity index (χ0n) is 17.3. The van der Waals surface area contributed by atoms with Crippen LogP contribution in [-0.2, 0) is 14.8 Å². The first-order chi connectivity index (χ1) is 13.6. The van der Waals surface area contributed by atoms with E-state index >= 15 is 0 Å². The van der Waals surface area contributed by atoms with Crippen molar-refractivity contribution in [1.82, 2.24) is 0 Å². The van der Waals surface area contributed by atoms with E-state index in [1.54, 1.807) is 41.3 Å². The monoisotopic (exact) mass is 416 g/mol. The number of carbonyl (C=O) groups excluding carboxylic acids is 1. The highest BCUT2D eigenvalue weighted by molar-refractivity contribution is 7.92. The fourth-order valence-electron chi connectivity index (χ4n) is 3.13. The van der Waals surface area contributed by atoms with Gasteiger partial charge in [0.25, 0.3) is 10.0 Å². The SMILES string of the molecule is CC(C)CCN1C(=O)C(C)(C)COc2ccc(NS(=O)(=O)c3ccccc3)cc21. The molecule has 0 spiro atoms. The van der Waals surface area contributed by atoms with E-state index in [0.717, 1.165) is 6.42 Å². The summed E-state index contributed by atoms with van der Waals surface area (Å²) >= 11 is 0. The normalized spacial score (nSPS) is 16.2. The number of ether oxygens (including phenoxy) is 1. The summed E-state index contributed by atoms with van der Waals surface area (Å²) in [7, 11) is -3.72. The van der Waals surface area contributed by atoms with Crippen molar-refractivity contribution in [3.8, 4) is 5.75 Å². The van der Waals surface area contributed by atoms with Crippen LogP contribution in [0.3, 0.4) is 0 Å². The molecule has 0 unspecified atom stereocenters. The van der Waals surface area contributed by atoms with E-state index in [0.29, 0.717) is 29.6 Å². The number of carbonyl (C=O) groups is 1. The summed E-state index contributed by atoms with van der Waals surface area (Å²) < 4.78 is 33.9.